The number of benzene rings is 9. The van der Waals surface area contributed by atoms with Crippen LogP contribution < -0.4 is 0 Å². The van der Waals surface area contributed by atoms with Crippen molar-refractivity contribution in [1.82, 2.24) is 24.5 Å². The van der Waals surface area contributed by atoms with Crippen LogP contribution in [-0.4, -0.2) is 24.5 Å². The van der Waals surface area contributed by atoms with E-state index in [9.17, 15) is 26.3 Å². The lowest BCUT2D eigenvalue weighted by Crippen LogP contribution is -2.07. The van der Waals surface area contributed by atoms with Gasteiger partial charge in [-0.25, -0.2) is 19.9 Å². The molecule has 11 heteroatoms. The monoisotopic (exact) mass is 1020 g/mol. The molecule has 0 saturated carbocycles. The van der Waals surface area contributed by atoms with Gasteiger partial charge in [-0.2, -0.15) is 26.3 Å². The van der Waals surface area contributed by atoms with E-state index in [1.54, 1.807) is 32.0 Å². The Morgan fingerprint density at radius 3 is 1.29 bits per heavy atom. The molecule has 5 nitrogen and oxygen atoms in total. The molecule has 3 aromatic heterocycles. The molecular weight excluding hydrogens is 977 g/mol. The molecule has 0 fully saturated rings. The van der Waals surface area contributed by atoms with E-state index >= 15 is 0 Å². The number of aryl methyl sites for hydroxylation is 2. The fourth-order valence-corrected chi connectivity index (χ4v) is 10.1. The Morgan fingerprint density at radius 1 is 0.338 bits per heavy atom. The first-order valence-electron chi connectivity index (χ1n) is 24.8. The predicted octanol–water partition coefficient (Wildman–Crippen LogP) is 18.4. The second-order valence-corrected chi connectivity index (χ2v) is 19.0. The number of hydrogen-bond acceptors (Lipinski definition) is 4. The zero-order valence-corrected chi connectivity index (χ0v) is 41.4. The fraction of sp³-hybridized carbons (Fsp3) is 0.0606. The quantitative estimate of drug-likeness (QED) is 0.135. The van der Waals surface area contributed by atoms with Crippen molar-refractivity contribution < 1.29 is 26.3 Å². The van der Waals surface area contributed by atoms with Gasteiger partial charge in [-0.1, -0.05) is 163 Å². The Bertz CT molecular complexity index is 4080. The zero-order valence-electron chi connectivity index (χ0n) is 41.4. The molecule has 0 radical (unpaired) electrons. The van der Waals surface area contributed by atoms with E-state index in [4.69, 9.17) is 19.9 Å². The van der Waals surface area contributed by atoms with Gasteiger partial charge in [-0.15, -0.1) is 0 Å². The van der Waals surface area contributed by atoms with Crippen LogP contribution in [-0.2, 0) is 12.4 Å². The number of nitrogens with zero attached hydrogens (tertiary/aromatic N) is 5. The maximum absolute atomic E-state index is 14.8. The van der Waals surface area contributed by atoms with Gasteiger partial charge >= 0.3 is 12.4 Å². The number of alkyl halides is 6. The van der Waals surface area contributed by atoms with Crippen LogP contribution in [0.5, 0.6) is 0 Å². The van der Waals surface area contributed by atoms with E-state index < -0.39 is 23.5 Å². The minimum atomic E-state index is -4.64. The zero-order chi connectivity index (χ0) is 53.0. The molecule has 0 atom stereocenters. The molecule has 0 amide bonds. The molecule has 12 rings (SSSR count). The van der Waals surface area contributed by atoms with Gasteiger partial charge in [-0.3, -0.25) is 0 Å². The third kappa shape index (κ3) is 9.41. The summed E-state index contributed by atoms with van der Waals surface area (Å²) in [6.45, 7) is 3.26. The van der Waals surface area contributed by atoms with Crippen LogP contribution >= 0.6 is 0 Å². The molecule has 0 aliphatic rings. The number of rotatable bonds is 9. The Hall–Kier alpha value is -9.48. The van der Waals surface area contributed by atoms with Crippen molar-refractivity contribution in [3.05, 3.63) is 247 Å². The number of halogens is 6. The lowest BCUT2D eigenvalue weighted by molar-refractivity contribution is -0.138. The maximum Gasteiger partial charge on any atom is 0.417 e. The van der Waals surface area contributed by atoms with Crippen LogP contribution in [0.3, 0.4) is 0 Å². The average molecular weight is 1020 g/mol. The highest BCUT2D eigenvalue weighted by molar-refractivity contribution is 6.12. The van der Waals surface area contributed by atoms with Gasteiger partial charge in [0.05, 0.1) is 50.6 Å². The second kappa shape index (κ2) is 19.3. The van der Waals surface area contributed by atoms with E-state index in [1.807, 2.05) is 176 Å². The maximum atomic E-state index is 14.8. The molecular formula is C66H43F6N5. The summed E-state index contributed by atoms with van der Waals surface area (Å²) in [6.07, 6.45) is -9.18. The first-order chi connectivity index (χ1) is 37.2. The minimum absolute atomic E-state index is 0.0137. The lowest BCUT2D eigenvalue weighted by Gasteiger charge is -2.17. The van der Waals surface area contributed by atoms with Gasteiger partial charge in [0.15, 0.2) is 11.6 Å². The molecule has 0 N–H and O–H groups in total. The summed E-state index contributed by atoms with van der Waals surface area (Å²) >= 11 is 0. The molecule has 9 aromatic carbocycles. The van der Waals surface area contributed by atoms with Crippen LogP contribution in [0.4, 0.5) is 26.3 Å². The first kappa shape index (κ1) is 48.5. The van der Waals surface area contributed by atoms with Gasteiger partial charge in [0, 0.05) is 44.2 Å². The Balaban J connectivity index is 1.16. The van der Waals surface area contributed by atoms with Crippen LogP contribution in [0.15, 0.2) is 224 Å². The Morgan fingerprint density at radius 2 is 0.792 bits per heavy atom. The van der Waals surface area contributed by atoms with Crippen molar-refractivity contribution >= 4 is 21.8 Å². The summed E-state index contributed by atoms with van der Waals surface area (Å²) in [5.74, 6) is 0.918. The van der Waals surface area contributed by atoms with Gasteiger partial charge in [0.1, 0.15) is 0 Å². The first-order valence-corrected chi connectivity index (χ1v) is 24.8. The van der Waals surface area contributed by atoms with Crippen LogP contribution in [0.2, 0.25) is 0 Å². The Kier molecular flexibility index (Phi) is 12.2. The SMILES string of the molecule is Cc1ccc(-c2ccc3c(c2)c2cc(-c4ccc(C(F)(F)F)cc4C)ccc2n3-c2ccc(-c3cc(-c4ccccc4)nc(-c4ccccc4)n3)cc2-c2nc(-c3ccccc3)cc(-c3ccccc3)n2)c(C(F)(F)F)c1. The van der Waals surface area contributed by atoms with E-state index in [2.05, 4.69) is 4.57 Å². The molecule has 12 aromatic rings. The highest BCUT2D eigenvalue weighted by Crippen LogP contribution is 2.44. The Labute approximate surface area is 439 Å². The topological polar surface area (TPSA) is 56.5 Å². The van der Waals surface area contributed by atoms with E-state index in [0.29, 0.717) is 95.3 Å². The summed E-state index contributed by atoms with van der Waals surface area (Å²) in [5.41, 5.74) is 10.4. The molecule has 0 spiro atoms. The largest absolute Gasteiger partial charge is 0.417 e. The molecule has 0 aliphatic carbocycles. The second-order valence-electron chi connectivity index (χ2n) is 19.0. The molecule has 0 bridgehead atoms. The summed E-state index contributed by atoms with van der Waals surface area (Å²) in [4.78, 5) is 20.9. The minimum Gasteiger partial charge on any atom is -0.308 e. The summed E-state index contributed by atoms with van der Waals surface area (Å²) in [5, 5.41) is 1.28. The van der Waals surface area contributed by atoms with Gasteiger partial charge in [-0.05, 0) is 108 Å². The van der Waals surface area contributed by atoms with Crippen molar-refractivity contribution in [2.75, 3.05) is 0 Å². The van der Waals surface area contributed by atoms with Crippen molar-refractivity contribution in [3.8, 4) is 95.7 Å². The van der Waals surface area contributed by atoms with Gasteiger partial charge < -0.3 is 4.57 Å². The molecule has 0 saturated heterocycles. The van der Waals surface area contributed by atoms with E-state index in [-0.39, 0.29) is 5.56 Å². The van der Waals surface area contributed by atoms with Crippen LogP contribution in [0, 0.1) is 13.8 Å². The summed E-state index contributed by atoms with van der Waals surface area (Å²) in [7, 11) is 0. The third-order valence-corrected chi connectivity index (χ3v) is 13.9. The standard InChI is InChI=1S/C66H43F6N5/c1-40-23-28-51(55(33-40)66(70,71)72)47-25-31-61-53(36-47)52-35-46(50-29-27-49(34-41(50)2)65(67,68)69)24-30-60(52)77(61)62-32-26-48(59-39-56(42-15-7-3-8-16-42)73-63(74-59)45-21-13-6-14-22-45)37-54(62)64-75-57(43-17-9-4-10-18-43)38-58(76-64)44-19-11-5-12-20-44/h3-39H,1-2H3. The van der Waals surface area contributed by atoms with E-state index in [1.165, 1.54) is 12.1 Å². The number of aromatic nitrogens is 5. The third-order valence-electron chi connectivity index (χ3n) is 13.9. The highest BCUT2D eigenvalue weighted by atomic mass is 19.4. The van der Waals surface area contributed by atoms with Crippen LogP contribution in [0.1, 0.15) is 22.3 Å². The van der Waals surface area contributed by atoms with Crippen molar-refractivity contribution in [1.29, 1.82) is 0 Å². The fourth-order valence-electron chi connectivity index (χ4n) is 10.1. The molecule has 0 unspecified atom stereocenters. The van der Waals surface area contributed by atoms with E-state index in [0.717, 1.165) is 46.0 Å². The van der Waals surface area contributed by atoms with Crippen molar-refractivity contribution in [3.63, 3.8) is 0 Å². The van der Waals surface area contributed by atoms with Crippen molar-refractivity contribution in [2.24, 2.45) is 0 Å². The smallest absolute Gasteiger partial charge is 0.308 e. The summed E-state index contributed by atoms with van der Waals surface area (Å²) < 4.78 is 88.4. The number of fused-ring (bicyclic) bond motifs is 3. The molecule has 0 aliphatic heterocycles. The van der Waals surface area contributed by atoms with Crippen LogP contribution in [0.25, 0.3) is 118 Å². The molecule has 77 heavy (non-hydrogen) atoms. The predicted molar refractivity (Wildman–Crippen MR) is 295 cm³/mol. The van der Waals surface area contributed by atoms with Crippen molar-refractivity contribution in [2.45, 2.75) is 26.2 Å². The summed E-state index contributed by atoms with van der Waals surface area (Å²) in [6, 6.07) is 68.2. The molecule has 374 valence electrons. The molecule has 3 heterocycles. The van der Waals surface area contributed by atoms with Gasteiger partial charge in [0.2, 0.25) is 0 Å². The normalized spacial score (nSPS) is 11.9. The van der Waals surface area contributed by atoms with Gasteiger partial charge in [0.25, 0.3) is 0 Å². The highest BCUT2D eigenvalue weighted by Gasteiger charge is 2.34. The number of hydrogen-bond donors (Lipinski definition) is 0. The lowest BCUT2D eigenvalue weighted by atomic mass is 9.95. The average Bonchev–Trinajstić information content (AvgIpc) is 3.84.